The molecule has 2 aromatic rings. The first-order valence-electron chi connectivity index (χ1n) is 9.26. The van der Waals surface area contributed by atoms with Crippen molar-refractivity contribution in [1.29, 1.82) is 0 Å². The molecule has 8 nitrogen and oxygen atoms in total. The first-order chi connectivity index (χ1) is 12.7. The molecule has 0 atom stereocenters. The van der Waals surface area contributed by atoms with Gasteiger partial charge in [0.2, 0.25) is 0 Å². The minimum atomic E-state index is -0.556. The van der Waals surface area contributed by atoms with Crippen molar-refractivity contribution in [3.63, 3.8) is 0 Å². The quantitative estimate of drug-likeness (QED) is 0.605. The van der Waals surface area contributed by atoms with E-state index < -0.39 is 16.6 Å². The lowest BCUT2D eigenvalue weighted by atomic mass is 10.2. The molecule has 0 aliphatic carbocycles. The van der Waals surface area contributed by atoms with Gasteiger partial charge in [-0.3, -0.25) is 14.8 Å². The standard InChI is InChI=1S/C15H20N4O4.2C2H6/c1-10-12-6-5-11(19(21)22)9-13(12)18(17-10)8-7-16-14(20)23-15(2,3)4;2*1-2/h5-6,9H,7-8H2,1-4H3,(H,16,20);2*1-2H3. The van der Waals surface area contributed by atoms with Gasteiger partial charge in [-0.2, -0.15) is 5.10 Å². The molecule has 0 saturated carbocycles. The van der Waals surface area contributed by atoms with Gasteiger partial charge >= 0.3 is 6.09 Å². The highest BCUT2D eigenvalue weighted by molar-refractivity contribution is 5.84. The van der Waals surface area contributed by atoms with Crippen LogP contribution in [0.5, 0.6) is 0 Å². The van der Waals surface area contributed by atoms with Gasteiger partial charge in [-0.1, -0.05) is 27.7 Å². The predicted octanol–water partition coefficient (Wildman–Crippen LogP) is 4.83. The summed E-state index contributed by atoms with van der Waals surface area (Å²) in [4.78, 5) is 22.1. The van der Waals surface area contributed by atoms with Gasteiger partial charge < -0.3 is 10.1 Å². The summed E-state index contributed by atoms with van der Waals surface area (Å²) in [7, 11) is 0. The number of nitrogens with one attached hydrogen (secondary N) is 1. The van der Waals surface area contributed by atoms with Crippen LogP contribution in [0.15, 0.2) is 18.2 Å². The summed E-state index contributed by atoms with van der Waals surface area (Å²) >= 11 is 0. The summed E-state index contributed by atoms with van der Waals surface area (Å²) in [5, 5.41) is 18.8. The number of rotatable bonds is 4. The average Bonchev–Trinajstić information content (AvgIpc) is 2.92. The second-order valence-electron chi connectivity index (χ2n) is 6.20. The van der Waals surface area contributed by atoms with Gasteiger partial charge in [0.05, 0.1) is 22.7 Å². The summed E-state index contributed by atoms with van der Waals surface area (Å²) in [6.07, 6.45) is -0.503. The molecular weight excluding hydrogens is 348 g/mol. The number of amides is 1. The lowest BCUT2D eigenvalue weighted by Gasteiger charge is -2.19. The van der Waals surface area contributed by atoms with Crippen LogP contribution in [0.3, 0.4) is 0 Å². The zero-order valence-corrected chi connectivity index (χ0v) is 17.6. The summed E-state index contributed by atoms with van der Waals surface area (Å²) in [5.41, 5.74) is 0.910. The van der Waals surface area contributed by atoms with Crippen LogP contribution in [0.1, 0.15) is 54.2 Å². The Labute approximate surface area is 161 Å². The number of hydrogen-bond donors (Lipinski definition) is 1. The van der Waals surface area contributed by atoms with Crippen LogP contribution < -0.4 is 5.32 Å². The molecule has 0 saturated heterocycles. The second-order valence-corrected chi connectivity index (χ2v) is 6.20. The fourth-order valence-corrected chi connectivity index (χ4v) is 2.19. The van der Waals surface area contributed by atoms with E-state index in [9.17, 15) is 14.9 Å². The molecule has 1 aromatic carbocycles. The van der Waals surface area contributed by atoms with Crippen LogP contribution in [0, 0.1) is 17.0 Å². The Morgan fingerprint density at radius 2 is 1.85 bits per heavy atom. The fourth-order valence-electron chi connectivity index (χ4n) is 2.19. The number of fused-ring (bicyclic) bond motifs is 1. The third kappa shape index (κ3) is 7.64. The Hall–Kier alpha value is -2.64. The summed E-state index contributed by atoms with van der Waals surface area (Å²) in [6, 6.07) is 4.64. The van der Waals surface area contributed by atoms with E-state index in [4.69, 9.17) is 4.74 Å². The topological polar surface area (TPSA) is 99.3 Å². The number of alkyl carbamates (subject to hydrolysis) is 1. The predicted molar refractivity (Wildman–Crippen MR) is 108 cm³/mol. The Balaban J connectivity index is 0.00000158. The third-order valence-corrected chi connectivity index (χ3v) is 3.12. The number of nitro groups is 1. The Morgan fingerprint density at radius 1 is 1.26 bits per heavy atom. The monoisotopic (exact) mass is 380 g/mol. The van der Waals surface area contributed by atoms with Crippen molar-refractivity contribution in [3.8, 4) is 0 Å². The first-order valence-corrected chi connectivity index (χ1v) is 9.26. The third-order valence-electron chi connectivity index (χ3n) is 3.12. The van der Waals surface area contributed by atoms with Crippen LogP contribution in [0.2, 0.25) is 0 Å². The molecule has 0 fully saturated rings. The molecule has 0 spiro atoms. The summed E-state index contributed by atoms with van der Waals surface area (Å²) in [6.45, 7) is 15.9. The van der Waals surface area contributed by atoms with E-state index in [1.165, 1.54) is 12.1 Å². The van der Waals surface area contributed by atoms with Gasteiger partial charge in [0.15, 0.2) is 0 Å². The maximum Gasteiger partial charge on any atom is 0.407 e. The van der Waals surface area contributed by atoms with E-state index in [2.05, 4.69) is 10.4 Å². The molecule has 8 heteroatoms. The van der Waals surface area contributed by atoms with Crippen LogP contribution in [0.25, 0.3) is 10.9 Å². The minimum absolute atomic E-state index is 0.0127. The SMILES string of the molecule is CC.CC.Cc1nn(CCNC(=O)OC(C)(C)C)c2cc([N+](=O)[O-])ccc12. The molecule has 1 N–H and O–H groups in total. The highest BCUT2D eigenvalue weighted by atomic mass is 16.6. The van der Waals surface area contributed by atoms with E-state index in [-0.39, 0.29) is 5.69 Å². The van der Waals surface area contributed by atoms with Gasteiger partial charge in [-0.15, -0.1) is 0 Å². The zero-order chi connectivity index (χ0) is 21.2. The molecule has 1 aromatic heterocycles. The van der Waals surface area contributed by atoms with E-state index in [1.807, 2.05) is 34.6 Å². The van der Waals surface area contributed by atoms with Gasteiger partial charge in [-0.25, -0.2) is 4.79 Å². The smallest absolute Gasteiger partial charge is 0.407 e. The molecule has 0 bridgehead atoms. The van der Waals surface area contributed by atoms with Crippen molar-refractivity contribution in [2.45, 2.75) is 67.5 Å². The molecular formula is C19H32N4O4. The molecule has 2 rings (SSSR count). The summed E-state index contributed by atoms with van der Waals surface area (Å²) in [5.74, 6) is 0. The van der Waals surface area contributed by atoms with Crippen molar-refractivity contribution < 1.29 is 14.5 Å². The van der Waals surface area contributed by atoms with E-state index >= 15 is 0 Å². The fraction of sp³-hybridized carbons (Fsp3) is 0.579. The van der Waals surface area contributed by atoms with E-state index in [0.717, 1.165) is 11.1 Å². The minimum Gasteiger partial charge on any atom is -0.444 e. The lowest BCUT2D eigenvalue weighted by molar-refractivity contribution is -0.384. The molecule has 152 valence electrons. The molecule has 1 amide bonds. The van der Waals surface area contributed by atoms with Crippen molar-refractivity contribution in [3.05, 3.63) is 34.0 Å². The number of aryl methyl sites for hydroxylation is 1. The number of nitro benzene ring substituents is 1. The van der Waals surface area contributed by atoms with Crippen molar-refractivity contribution >= 4 is 22.7 Å². The Kier molecular flexibility index (Phi) is 10.1. The Morgan fingerprint density at radius 3 is 2.37 bits per heavy atom. The normalized spacial score (nSPS) is 10.2. The maximum absolute atomic E-state index is 11.6. The average molecular weight is 380 g/mol. The van der Waals surface area contributed by atoms with Gasteiger partial charge in [0.1, 0.15) is 5.60 Å². The molecule has 0 unspecified atom stereocenters. The number of carbonyl (C=O) groups excluding carboxylic acids is 1. The number of hydrogen-bond acceptors (Lipinski definition) is 5. The molecule has 0 radical (unpaired) electrons. The zero-order valence-electron chi connectivity index (χ0n) is 17.6. The number of aromatic nitrogens is 2. The molecule has 27 heavy (non-hydrogen) atoms. The number of benzene rings is 1. The van der Waals surface area contributed by atoms with Crippen LogP contribution in [-0.4, -0.2) is 32.9 Å². The largest absolute Gasteiger partial charge is 0.444 e. The first kappa shape index (κ1) is 24.4. The van der Waals surface area contributed by atoms with Gasteiger partial charge in [-0.05, 0) is 33.8 Å². The van der Waals surface area contributed by atoms with Gasteiger partial charge in [0.25, 0.3) is 5.69 Å². The van der Waals surface area contributed by atoms with Crippen LogP contribution in [0.4, 0.5) is 10.5 Å². The molecule has 0 aliphatic rings. The second kappa shape index (κ2) is 11.2. The van der Waals surface area contributed by atoms with Crippen LogP contribution in [-0.2, 0) is 11.3 Å². The van der Waals surface area contributed by atoms with E-state index in [1.54, 1.807) is 31.5 Å². The van der Waals surface area contributed by atoms with Crippen molar-refractivity contribution in [1.82, 2.24) is 15.1 Å². The number of carbonyl (C=O) groups is 1. The molecule has 1 heterocycles. The number of ether oxygens (including phenoxy) is 1. The lowest BCUT2D eigenvalue weighted by Crippen LogP contribution is -2.34. The highest BCUT2D eigenvalue weighted by Gasteiger charge is 2.16. The van der Waals surface area contributed by atoms with E-state index in [0.29, 0.717) is 18.6 Å². The van der Waals surface area contributed by atoms with Crippen molar-refractivity contribution in [2.24, 2.45) is 0 Å². The molecule has 0 aliphatic heterocycles. The number of nitrogens with zero attached hydrogens (tertiary/aromatic N) is 3. The number of non-ortho nitro benzene ring substituents is 1. The Bertz CT molecular complexity index is 748. The maximum atomic E-state index is 11.6. The van der Waals surface area contributed by atoms with Crippen molar-refractivity contribution in [2.75, 3.05) is 6.54 Å². The van der Waals surface area contributed by atoms with Crippen LogP contribution >= 0.6 is 0 Å². The summed E-state index contributed by atoms with van der Waals surface area (Å²) < 4.78 is 6.80. The van der Waals surface area contributed by atoms with Gasteiger partial charge in [0, 0.05) is 24.1 Å². The highest BCUT2D eigenvalue weighted by Crippen LogP contribution is 2.23.